The fourth-order valence-electron chi connectivity index (χ4n) is 2.08. The van der Waals surface area contributed by atoms with Gasteiger partial charge in [-0.25, -0.2) is 4.98 Å². The summed E-state index contributed by atoms with van der Waals surface area (Å²) in [5.74, 6) is 0. The number of nitrogens with zero attached hydrogens (tertiary/aromatic N) is 2. The molecule has 2 heterocycles. The molecule has 4 nitrogen and oxygen atoms in total. The first kappa shape index (κ1) is 12.1. The Bertz CT molecular complexity index is 347. The minimum Gasteiger partial charge on any atom is -0.381 e. The molecule has 0 amide bonds. The maximum absolute atomic E-state index is 5.84. The lowest BCUT2D eigenvalue weighted by atomic mass is 10.00. The Kier molecular flexibility index (Phi) is 4.02. The van der Waals surface area contributed by atoms with Crippen molar-refractivity contribution in [3.05, 3.63) is 10.5 Å². The Morgan fingerprint density at radius 3 is 3.12 bits per heavy atom. The van der Waals surface area contributed by atoms with E-state index >= 15 is 0 Å². The van der Waals surface area contributed by atoms with Gasteiger partial charge in [0.1, 0.15) is 5.15 Å². The molecular formula is C10H16ClN3OS. The van der Waals surface area contributed by atoms with Gasteiger partial charge in [0, 0.05) is 31.6 Å². The molecule has 2 N–H and O–H groups in total. The van der Waals surface area contributed by atoms with Crippen LogP contribution >= 0.6 is 22.9 Å². The number of hydrogen-bond acceptors (Lipinski definition) is 5. The van der Waals surface area contributed by atoms with Crippen LogP contribution in [0.5, 0.6) is 0 Å². The molecule has 2 atom stereocenters. The van der Waals surface area contributed by atoms with Crippen LogP contribution in [0.25, 0.3) is 0 Å². The maximum atomic E-state index is 5.84. The van der Waals surface area contributed by atoms with Crippen molar-refractivity contribution in [1.29, 1.82) is 0 Å². The summed E-state index contributed by atoms with van der Waals surface area (Å²) in [7, 11) is 1.76. The van der Waals surface area contributed by atoms with Crippen LogP contribution in [0.15, 0.2) is 5.38 Å². The molecule has 0 radical (unpaired) electrons. The predicted octanol–water partition coefficient (Wildman–Crippen LogP) is 1.74. The van der Waals surface area contributed by atoms with Gasteiger partial charge in [0.25, 0.3) is 0 Å². The Hall–Kier alpha value is -0.360. The van der Waals surface area contributed by atoms with Crippen molar-refractivity contribution < 1.29 is 4.74 Å². The highest BCUT2D eigenvalue weighted by atomic mass is 35.5. The number of halogens is 1. The van der Waals surface area contributed by atoms with Crippen LogP contribution in [0.1, 0.15) is 12.8 Å². The van der Waals surface area contributed by atoms with Gasteiger partial charge in [-0.1, -0.05) is 11.6 Å². The van der Waals surface area contributed by atoms with Gasteiger partial charge in [0.15, 0.2) is 5.13 Å². The van der Waals surface area contributed by atoms with Crippen LogP contribution in [0.3, 0.4) is 0 Å². The molecule has 0 saturated carbocycles. The number of hydrogen-bond donors (Lipinski definition) is 1. The van der Waals surface area contributed by atoms with Gasteiger partial charge in [-0.3, -0.25) is 0 Å². The number of methoxy groups -OCH3 is 1. The van der Waals surface area contributed by atoms with Gasteiger partial charge in [-0.2, -0.15) is 0 Å². The molecule has 1 saturated heterocycles. The van der Waals surface area contributed by atoms with E-state index in [-0.39, 0.29) is 0 Å². The first-order valence-electron chi connectivity index (χ1n) is 5.35. The number of piperidine rings is 1. The topological polar surface area (TPSA) is 51.4 Å². The fraction of sp³-hybridized carbons (Fsp3) is 0.700. The van der Waals surface area contributed by atoms with E-state index < -0.39 is 0 Å². The summed E-state index contributed by atoms with van der Waals surface area (Å²) >= 11 is 7.41. The quantitative estimate of drug-likeness (QED) is 0.901. The first-order valence-corrected chi connectivity index (χ1v) is 6.61. The van der Waals surface area contributed by atoms with Gasteiger partial charge in [-0.15, -0.1) is 11.3 Å². The lowest BCUT2D eigenvalue weighted by molar-refractivity contribution is 0.0709. The highest BCUT2D eigenvalue weighted by Crippen LogP contribution is 2.29. The molecule has 0 aliphatic carbocycles. The standard InChI is InChI=1S/C10H16ClN3OS/c1-15-8-2-3-14(7(4-8)5-12)10-13-9(11)6-16-10/h6-8H,2-5,12H2,1H3. The largest absolute Gasteiger partial charge is 0.381 e. The zero-order valence-electron chi connectivity index (χ0n) is 9.23. The summed E-state index contributed by atoms with van der Waals surface area (Å²) < 4.78 is 5.39. The third-order valence-electron chi connectivity index (χ3n) is 2.98. The molecule has 0 bridgehead atoms. The summed E-state index contributed by atoms with van der Waals surface area (Å²) in [6.45, 7) is 1.56. The summed E-state index contributed by atoms with van der Waals surface area (Å²) in [6.07, 6.45) is 2.30. The SMILES string of the molecule is COC1CCN(c2nc(Cl)cs2)C(CN)C1. The zero-order chi connectivity index (χ0) is 11.5. The number of nitrogens with two attached hydrogens (primary N) is 1. The third-order valence-corrected chi connectivity index (χ3v) is 4.18. The molecule has 2 rings (SSSR count). The summed E-state index contributed by atoms with van der Waals surface area (Å²) in [5.41, 5.74) is 5.80. The van der Waals surface area contributed by atoms with Gasteiger partial charge in [0.05, 0.1) is 6.10 Å². The molecule has 1 aliphatic rings. The lowest BCUT2D eigenvalue weighted by Crippen LogP contribution is -2.48. The van der Waals surface area contributed by atoms with Crippen LogP contribution in [-0.2, 0) is 4.74 Å². The smallest absolute Gasteiger partial charge is 0.187 e. The van der Waals surface area contributed by atoms with Crippen LogP contribution < -0.4 is 10.6 Å². The van der Waals surface area contributed by atoms with E-state index in [0.717, 1.165) is 24.5 Å². The average molecular weight is 262 g/mol. The second-order valence-electron chi connectivity index (χ2n) is 3.92. The van der Waals surface area contributed by atoms with Crippen molar-refractivity contribution in [2.24, 2.45) is 5.73 Å². The highest BCUT2D eigenvalue weighted by molar-refractivity contribution is 7.14. The predicted molar refractivity (Wildman–Crippen MR) is 67.3 cm³/mol. The Morgan fingerprint density at radius 1 is 1.75 bits per heavy atom. The molecule has 1 aromatic heterocycles. The summed E-state index contributed by atoms with van der Waals surface area (Å²) in [4.78, 5) is 6.54. The summed E-state index contributed by atoms with van der Waals surface area (Å²) in [5, 5.41) is 3.38. The van der Waals surface area contributed by atoms with E-state index in [1.807, 2.05) is 5.38 Å². The minimum absolute atomic E-state index is 0.306. The number of ether oxygens (including phenoxy) is 1. The van der Waals surface area contributed by atoms with E-state index in [1.165, 1.54) is 0 Å². The van der Waals surface area contributed by atoms with Crippen molar-refractivity contribution in [1.82, 2.24) is 4.98 Å². The van der Waals surface area contributed by atoms with E-state index in [4.69, 9.17) is 22.1 Å². The lowest BCUT2D eigenvalue weighted by Gasteiger charge is -2.38. The maximum Gasteiger partial charge on any atom is 0.187 e. The van der Waals surface area contributed by atoms with Crippen molar-refractivity contribution in [2.75, 3.05) is 25.1 Å². The molecule has 1 aliphatic heterocycles. The minimum atomic E-state index is 0.306. The second kappa shape index (κ2) is 5.31. The van der Waals surface area contributed by atoms with Gasteiger partial charge < -0.3 is 15.4 Å². The molecule has 1 aromatic rings. The van der Waals surface area contributed by atoms with Crippen LogP contribution in [0.4, 0.5) is 5.13 Å². The van der Waals surface area contributed by atoms with Crippen molar-refractivity contribution in [2.45, 2.75) is 25.0 Å². The average Bonchev–Trinajstić information content (AvgIpc) is 2.74. The van der Waals surface area contributed by atoms with E-state index in [0.29, 0.717) is 23.8 Å². The number of rotatable bonds is 3. The van der Waals surface area contributed by atoms with Crippen molar-refractivity contribution >= 4 is 28.1 Å². The van der Waals surface area contributed by atoms with Gasteiger partial charge >= 0.3 is 0 Å². The Labute approximate surface area is 104 Å². The van der Waals surface area contributed by atoms with Gasteiger partial charge in [-0.05, 0) is 12.8 Å². The molecule has 2 unspecified atom stereocenters. The van der Waals surface area contributed by atoms with E-state index in [2.05, 4.69) is 9.88 Å². The third kappa shape index (κ3) is 2.48. The first-order chi connectivity index (χ1) is 7.74. The number of thiazole rings is 1. The van der Waals surface area contributed by atoms with Gasteiger partial charge in [0.2, 0.25) is 0 Å². The number of aromatic nitrogens is 1. The van der Waals surface area contributed by atoms with E-state index in [1.54, 1.807) is 18.4 Å². The van der Waals surface area contributed by atoms with Crippen LogP contribution in [0.2, 0.25) is 5.15 Å². The van der Waals surface area contributed by atoms with Crippen LogP contribution in [0, 0.1) is 0 Å². The van der Waals surface area contributed by atoms with Crippen molar-refractivity contribution in [3.8, 4) is 0 Å². The second-order valence-corrected chi connectivity index (χ2v) is 5.14. The molecule has 16 heavy (non-hydrogen) atoms. The normalized spacial score (nSPS) is 26.1. The molecule has 90 valence electrons. The molecule has 0 aromatic carbocycles. The fourth-order valence-corrected chi connectivity index (χ4v) is 3.13. The summed E-state index contributed by atoms with van der Waals surface area (Å²) in [6, 6.07) is 0.306. The molecular weight excluding hydrogens is 246 g/mol. The Morgan fingerprint density at radius 2 is 2.56 bits per heavy atom. The molecule has 1 fully saturated rings. The number of anilines is 1. The van der Waals surface area contributed by atoms with E-state index in [9.17, 15) is 0 Å². The molecule has 0 spiro atoms. The van der Waals surface area contributed by atoms with Crippen molar-refractivity contribution in [3.63, 3.8) is 0 Å². The zero-order valence-corrected chi connectivity index (χ0v) is 10.8. The highest BCUT2D eigenvalue weighted by Gasteiger charge is 2.29. The monoisotopic (exact) mass is 261 g/mol. The Balaban J connectivity index is 2.09. The molecule has 6 heteroatoms. The van der Waals surface area contributed by atoms with Crippen LogP contribution in [-0.4, -0.2) is 37.3 Å².